The maximum Gasteiger partial charge on any atom is 0.137 e. The molecule has 0 saturated carbocycles. The minimum absolute atomic E-state index is 0.881. The van der Waals surface area contributed by atoms with E-state index in [2.05, 4.69) is 157 Å². The quantitative estimate of drug-likeness (QED) is 0.194. The van der Waals surface area contributed by atoms with Crippen molar-refractivity contribution in [2.24, 2.45) is 0 Å². The van der Waals surface area contributed by atoms with Gasteiger partial charge in [-0.15, -0.1) is 0 Å². The van der Waals surface area contributed by atoms with Crippen molar-refractivity contribution in [3.63, 3.8) is 0 Å². The Morgan fingerprint density at radius 3 is 1.91 bits per heavy atom. The normalized spacial score (nSPS) is 11.7. The van der Waals surface area contributed by atoms with Crippen molar-refractivity contribution in [2.75, 3.05) is 4.90 Å². The molecule has 0 saturated heterocycles. The highest BCUT2D eigenvalue weighted by Gasteiger charge is 2.19. The lowest BCUT2D eigenvalue weighted by Gasteiger charge is -2.27. The van der Waals surface area contributed by atoms with Crippen LogP contribution in [0.25, 0.3) is 65.4 Å². The molecular formula is C43H29NO. The van der Waals surface area contributed by atoms with E-state index in [1.807, 2.05) is 12.1 Å². The zero-order valence-corrected chi connectivity index (χ0v) is 24.9. The molecule has 0 fully saturated rings. The fourth-order valence-electron chi connectivity index (χ4n) is 6.85. The van der Waals surface area contributed by atoms with Gasteiger partial charge in [-0.3, -0.25) is 0 Å². The van der Waals surface area contributed by atoms with Crippen LogP contribution in [0.1, 0.15) is 5.56 Å². The van der Waals surface area contributed by atoms with E-state index in [-0.39, 0.29) is 0 Å². The zero-order chi connectivity index (χ0) is 29.9. The molecule has 0 spiro atoms. The SMILES string of the molecule is Cc1ccc2cc(-c3ccc(N(c4ccc5c(c4)oc4ccccc45)c4cc5ccccc5c5ccccc45)cc3)ccc2c1. The number of hydrogen-bond acceptors (Lipinski definition) is 2. The van der Waals surface area contributed by atoms with Crippen LogP contribution in [-0.4, -0.2) is 0 Å². The molecular weight excluding hydrogens is 546 g/mol. The molecule has 2 heteroatoms. The first kappa shape index (κ1) is 25.6. The lowest BCUT2D eigenvalue weighted by Crippen LogP contribution is -2.10. The third-order valence-corrected chi connectivity index (χ3v) is 9.06. The summed E-state index contributed by atoms with van der Waals surface area (Å²) in [4.78, 5) is 2.37. The van der Waals surface area contributed by atoms with Crippen LogP contribution in [0.2, 0.25) is 0 Å². The maximum atomic E-state index is 6.37. The molecule has 0 aliphatic carbocycles. The third kappa shape index (κ3) is 4.26. The molecule has 0 atom stereocenters. The van der Waals surface area contributed by atoms with Crippen LogP contribution in [0, 0.1) is 6.92 Å². The molecule has 0 amide bonds. The van der Waals surface area contributed by atoms with Gasteiger partial charge >= 0.3 is 0 Å². The van der Waals surface area contributed by atoms with Crippen molar-refractivity contribution in [3.05, 3.63) is 163 Å². The van der Waals surface area contributed by atoms with Crippen LogP contribution in [0.3, 0.4) is 0 Å². The third-order valence-electron chi connectivity index (χ3n) is 9.06. The van der Waals surface area contributed by atoms with Crippen LogP contribution >= 0.6 is 0 Å². The first-order chi connectivity index (χ1) is 22.2. The van der Waals surface area contributed by atoms with Crippen molar-refractivity contribution in [3.8, 4) is 11.1 Å². The molecule has 8 aromatic carbocycles. The molecule has 212 valence electrons. The van der Waals surface area contributed by atoms with Gasteiger partial charge in [0.2, 0.25) is 0 Å². The Morgan fingerprint density at radius 1 is 0.400 bits per heavy atom. The predicted octanol–water partition coefficient (Wildman–Crippen LogP) is 12.5. The Hall–Kier alpha value is -5.86. The first-order valence-corrected chi connectivity index (χ1v) is 15.4. The summed E-state index contributed by atoms with van der Waals surface area (Å²) in [6.45, 7) is 2.14. The highest BCUT2D eigenvalue weighted by molar-refractivity contribution is 6.15. The number of rotatable bonds is 4. The number of benzene rings is 8. The maximum absolute atomic E-state index is 6.37. The molecule has 0 radical (unpaired) electrons. The van der Waals surface area contributed by atoms with Crippen LogP contribution in [-0.2, 0) is 0 Å². The standard InChI is InChI=1S/C43H29NO/c1-28-14-15-32-25-31(17-16-30(32)24-28)29-18-20-34(21-19-29)44(35-22-23-40-39-12-6-7-13-42(39)45-43(40)27-35)41-26-33-8-2-3-9-36(33)37-10-4-5-11-38(37)41/h2-27H,1H3. The minimum atomic E-state index is 0.881. The molecule has 0 aliphatic rings. The summed E-state index contributed by atoms with van der Waals surface area (Å²) in [5, 5.41) is 9.70. The van der Waals surface area contributed by atoms with Gasteiger partial charge in [0.25, 0.3) is 0 Å². The van der Waals surface area contributed by atoms with E-state index in [0.717, 1.165) is 39.0 Å². The van der Waals surface area contributed by atoms with Gasteiger partial charge in [0.1, 0.15) is 11.2 Å². The largest absolute Gasteiger partial charge is 0.456 e. The second kappa shape index (κ2) is 10.1. The summed E-state index contributed by atoms with van der Waals surface area (Å²) >= 11 is 0. The number of fused-ring (bicyclic) bond motifs is 7. The van der Waals surface area contributed by atoms with Crippen molar-refractivity contribution in [1.29, 1.82) is 0 Å². The van der Waals surface area contributed by atoms with Gasteiger partial charge in [-0.1, -0.05) is 115 Å². The van der Waals surface area contributed by atoms with Crippen LogP contribution in [0.5, 0.6) is 0 Å². The number of anilines is 3. The van der Waals surface area contributed by atoms with E-state index in [1.165, 1.54) is 49.0 Å². The first-order valence-electron chi connectivity index (χ1n) is 15.4. The molecule has 0 N–H and O–H groups in total. The van der Waals surface area contributed by atoms with E-state index in [1.54, 1.807) is 0 Å². The van der Waals surface area contributed by atoms with E-state index < -0.39 is 0 Å². The van der Waals surface area contributed by atoms with Gasteiger partial charge in [0.05, 0.1) is 5.69 Å². The van der Waals surface area contributed by atoms with Crippen molar-refractivity contribution in [1.82, 2.24) is 0 Å². The molecule has 9 aromatic rings. The number of hydrogen-bond donors (Lipinski definition) is 0. The summed E-state index contributed by atoms with van der Waals surface area (Å²) in [6.07, 6.45) is 0. The summed E-state index contributed by atoms with van der Waals surface area (Å²) < 4.78 is 6.37. The molecule has 0 aliphatic heterocycles. The Bertz CT molecular complexity index is 2560. The van der Waals surface area contributed by atoms with Crippen molar-refractivity contribution in [2.45, 2.75) is 6.92 Å². The van der Waals surface area contributed by atoms with Gasteiger partial charge in [-0.05, 0) is 87.4 Å². The Labute approximate surface area is 261 Å². The topological polar surface area (TPSA) is 16.4 Å². The van der Waals surface area contributed by atoms with Crippen LogP contribution < -0.4 is 4.90 Å². The predicted molar refractivity (Wildman–Crippen MR) is 191 cm³/mol. The molecule has 1 aromatic heterocycles. The van der Waals surface area contributed by atoms with Crippen molar-refractivity contribution < 1.29 is 4.42 Å². The smallest absolute Gasteiger partial charge is 0.137 e. The average molecular weight is 576 g/mol. The van der Waals surface area contributed by atoms with Crippen LogP contribution in [0.15, 0.2) is 162 Å². The van der Waals surface area contributed by atoms with Gasteiger partial charge in [-0.2, -0.15) is 0 Å². The zero-order valence-electron chi connectivity index (χ0n) is 24.9. The van der Waals surface area contributed by atoms with Gasteiger partial charge < -0.3 is 9.32 Å². The van der Waals surface area contributed by atoms with Gasteiger partial charge in [0, 0.05) is 33.6 Å². The molecule has 9 rings (SSSR count). The van der Waals surface area contributed by atoms with Crippen molar-refractivity contribution >= 4 is 71.3 Å². The summed E-state index contributed by atoms with van der Waals surface area (Å²) in [6, 6.07) is 56.9. The molecule has 45 heavy (non-hydrogen) atoms. The minimum Gasteiger partial charge on any atom is -0.456 e. The highest BCUT2D eigenvalue weighted by Crippen LogP contribution is 2.44. The summed E-state index contributed by atoms with van der Waals surface area (Å²) in [5.74, 6) is 0. The lowest BCUT2D eigenvalue weighted by molar-refractivity contribution is 0.669. The van der Waals surface area contributed by atoms with E-state index in [4.69, 9.17) is 4.42 Å². The second-order valence-electron chi connectivity index (χ2n) is 11.9. The average Bonchev–Trinajstić information content (AvgIpc) is 3.46. The van der Waals surface area contributed by atoms with E-state index >= 15 is 0 Å². The van der Waals surface area contributed by atoms with E-state index in [9.17, 15) is 0 Å². The fraction of sp³-hybridized carbons (Fsp3) is 0.0233. The Balaban J connectivity index is 1.24. The van der Waals surface area contributed by atoms with Crippen LogP contribution in [0.4, 0.5) is 17.1 Å². The summed E-state index contributed by atoms with van der Waals surface area (Å²) in [7, 11) is 0. The number of nitrogens with zero attached hydrogens (tertiary/aromatic N) is 1. The number of furan rings is 1. The number of aryl methyl sites for hydroxylation is 1. The molecule has 2 nitrogen and oxygen atoms in total. The highest BCUT2D eigenvalue weighted by atomic mass is 16.3. The van der Waals surface area contributed by atoms with Gasteiger partial charge in [0.15, 0.2) is 0 Å². The number of para-hydroxylation sites is 1. The molecule has 1 heterocycles. The lowest BCUT2D eigenvalue weighted by atomic mass is 9.98. The molecule has 0 unspecified atom stereocenters. The monoisotopic (exact) mass is 575 g/mol. The molecule has 0 bridgehead atoms. The fourth-order valence-corrected chi connectivity index (χ4v) is 6.85. The second-order valence-corrected chi connectivity index (χ2v) is 11.9. The van der Waals surface area contributed by atoms with Gasteiger partial charge in [-0.25, -0.2) is 0 Å². The summed E-state index contributed by atoms with van der Waals surface area (Å²) in [5.41, 5.74) is 8.74. The Morgan fingerprint density at radius 2 is 1.04 bits per heavy atom. The van der Waals surface area contributed by atoms with E-state index in [0.29, 0.717) is 0 Å². The Kier molecular flexibility index (Phi) is 5.76.